The molecule has 8 nitrogen and oxygen atoms in total. The van der Waals surface area contributed by atoms with Gasteiger partial charge < -0.3 is 19.0 Å². The number of esters is 1. The summed E-state index contributed by atoms with van der Waals surface area (Å²) in [5.41, 5.74) is -0.566. The summed E-state index contributed by atoms with van der Waals surface area (Å²) < 4.78 is 16.1. The number of fused-ring (bicyclic) bond motifs is 2. The van der Waals surface area contributed by atoms with Crippen LogP contribution in [0.5, 0.6) is 11.5 Å². The average Bonchev–Trinajstić information content (AvgIpc) is 2.96. The van der Waals surface area contributed by atoms with Crippen LogP contribution in [-0.2, 0) is 9.53 Å². The first-order valence-electron chi connectivity index (χ1n) is 8.89. The quantitative estimate of drug-likeness (QED) is 0.370. The SMILES string of the molecule is CC(=O)Oc1c(C(C)=O)oc2c(NC(=O)OC(C)(C)C)c3ccccc3c(O)c12. The number of Topliss-reactive ketones (excluding diaryl/α,β-unsaturated/α-hetero) is 1. The molecule has 29 heavy (non-hydrogen) atoms. The molecule has 8 heteroatoms. The average molecular weight is 399 g/mol. The zero-order chi connectivity index (χ0) is 21.5. The van der Waals surface area contributed by atoms with E-state index in [4.69, 9.17) is 13.9 Å². The molecule has 0 aliphatic heterocycles. The van der Waals surface area contributed by atoms with Gasteiger partial charge in [-0.1, -0.05) is 24.3 Å². The Hall–Kier alpha value is -3.55. The highest BCUT2D eigenvalue weighted by molar-refractivity contribution is 6.20. The number of ketones is 1. The van der Waals surface area contributed by atoms with Crippen molar-refractivity contribution < 1.29 is 33.4 Å². The van der Waals surface area contributed by atoms with E-state index in [2.05, 4.69) is 5.32 Å². The van der Waals surface area contributed by atoms with Crippen LogP contribution in [-0.4, -0.2) is 28.6 Å². The van der Waals surface area contributed by atoms with Crippen molar-refractivity contribution in [3.05, 3.63) is 30.0 Å². The molecule has 1 heterocycles. The summed E-state index contributed by atoms with van der Waals surface area (Å²) >= 11 is 0. The van der Waals surface area contributed by atoms with Gasteiger partial charge in [0, 0.05) is 24.6 Å². The van der Waals surface area contributed by atoms with Gasteiger partial charge in [-0.05, 0) is 20.8 Å². The molecule has 3 rings (SSSR count). The van der Waals surface area contributed by atoms with Gasteiger partial charge in [-0.15, -0.1) is 0 Å². The molecule has 152 valence electrons. The Bertz CT molecular complexity index is 1150. The van der Waals surface area contributed by atoms with Crippen LogP contribution in [0.4, 0.5) is 10.5 Å². The summed E-state index contributed by atoms with van der Waals surface area (Å²) in [6.45, 7) is 7.56. The van der Waals surface area contributed by atoms with E-state index in [1.165, 1.54) is 13.8 Å². The monoisotopic (exact) mass is 399 g/mol. The van der Waals surface area contributed by atoms with Gasteiger partial charge in [0.2, 0.25) is 5.76 Å². The van der Waals surface area contributed by atoms with Crippen molar-refractivity contribution in [1.29, 1.82) is 0 Å². The molecule has 0 radical (unpaired) electrons. The standard InChI is InChI=1S/C21H21NO7/c1-10(23)17-19(27-11(2)24)14-16(25)13-9-7-6-8-12(13)15(18(14)28-17)22-20(26)29-21(3,4)5/h6-9,25H,1-5H3,(H,22,26). The van der Waals surface area contributed by atoms with Crippen molar-refractivity contribution in [2.75, 3.05) is 5.32 Å². The predicted octanol–water partition coefficient (Wildman–Crippen LogP) is 4.77. The molecular weight excluding hydrogens is 378 g/mol. The van der Waals surface area contributed by atoms with Crippen LogP contribution in [0, 0.1) is 0 Å². The Kier molecular flexibility index (Phi) is 4.96. The third-order valence-electron chi connectivity index (χ3n) is 3.97. The Labute approximate surface area is 166 Å². The fourth-order valence-corrected chi connectivity index (χ4v) is 2.97. The zero-order valence-electron chi connectivity index (χ0n) is 16.7. The molecule has 0 saturated heterocycles. The molecule has 0 aliphatic rings. The van der Waals surface area contributed by atoms with Crippen LogP contribution < -0.4 is 10.1 Å². The minimum absolute atomic E-state index is 0.00601. The van der Waals surface area contributed by atoms with Gasteiger partial charge in [-0.2, -0.15) is 0 Å². The minimum atomic E-state index is -0.746. The lowest BCUT2D eigenvalue weighted by molar-refractivity contribution is -0.131. The maximum Gasteiger partial charge on any atom is 0.412 e. The maximum absolute atomic E-state index is 12.4. The Balaban J connectivity index is 2.36. The van der Waals surface area contributed by atoms with Crippen molar-refractivity contribution >= 4 is 45.3 Å². The first-order chi connectivity index (χ1) is 13.5. The second-order valence-corrected chi connectivity index (χ2v) is 7.51. The largest absolute Gasteiger partial charge is 0.506 e. The van der Waals surface area contributed by atoms with Crippen molar-refractivity contribution in [2.45, 2.75) is 40.2 Å². The molecule has 1 amide bonds. The second kappa shape index (κ2) is 7.12. The van der Waals surface area contributed by atoms with E-state index in [1.807, 2.05) is 0 Å². The van der Waals surface area contributed by atoms with Crippen molar-refractivity contribution in [3.8, 4) is 11.5 Å². The molecule has 0 bridgehead atoms. The van der Waals surface area contributed by atoms with Crippen molar-refractivity contribution in [2.24, 2.45) is 0 Å². The highest BCUT2D eigenvalue weighted by Crippen LogP contribution is 2.48. The fraction of sp³-hybridized carbons (Fsp3) is 0.286. The number of phenolic OH excluding ortho intramolecular Hbond substituents is 1. The zero-order valence-corrected chi connectivity index (χ0v) is 16.7. The van der Waals surface area contributed by atoms with Crippen LogP contribution in [0.25, 0.3) is 21.7 Å². The van der Waals surface area contributed by atoms with Gasteiger partial charge in [0.15, 0.2) is 17.1 Å². The molecule has 2 aromatic carbocycles. The summed E-state index contributed by atoms with van der Waals surface area (Å²) in [6, 6.07) is 6.71. The molecular formula is C21H21NO7. The Morgan fingerprint density at radius 3 is 2.24 bits per heavy atom. The van der Waals surface area contributed by atoms with E-state index in [-0.39, 0.29) is 33.9 Å². The normalized spacial score (nSPS) is 11.5. The summed E-state index contributed by atoms with van der Waals surface area (Å²) in [4.78, 5) is 36.1. The van der Waals surface area contributed by atoms with Gasteiger partial charge in [0.05, 0.1) is 5.69 Å². The van der Waals surface area contributed by atoms with E-state index >= 15 is 0 Å². The van der Waals surface area contributed by atoms with E-state index in [0.29, 0.717) is 10.8 Å². The number of benzene rings is 2. The highest BCUT2D eigenvalue weighted by Gasteiger charge is 2.29. The summed E-state index contributed by atoms with van der Waals surface area (Å²) in [7, 11) is 0. The molecule has 0 saturated carbocycles. The molecule has 0 aliphatic carbocycles. The van der Waals surface area contributed by atoms with Gasteiger partial charge >= 0.3 is 12.1 Å². The minimum Gasteiger partial charge on any atom is -0.506 e. The number of furan rings is 1. The number of anilines is 1. The summed E-state index contributed by atoms with van der Waals surface area (Å²) in [6.07, 6.45) is -0.746. The van der Waals surface area contributed by atoms with E-state index in [9.17, 15) is 19.5 Å². The lowest BCUT2D eigenvalue weighted by Crippen LogP contribution is -2.27. The highest BCUT2D eigenvalue weighted by atomic mass is 16.6. The number of nitrogens with one attached hydrogen (secondary N) is 1. The molecule has 3 aromatic rings. The number of hydrogen-bond acceptors (Lipinski definition) is 7. The number of carbonyl (C=O) groups is 3. The molecule has 0 fully saturated rings. The number of carbonyl (C=O) groups excluding carboxylic acids is 3. The predicted molar refractivity (Wildman–Crippen MR) is 107 cm³/mol. The van der Waals surface area contributed by atoms with Gasteiger partial charge in [-0.3, -0.25) is 14.9 Å². The molecule has 1 aromatic heterocycles. The topological polar surface area (TPSA) is 115 Å². The van der Waals surface area contributed by atoms with Gasteiger partial charge in [-0.25, -0.2) is 4.79 Å². The third kappa shape index (κ3) is 3.87. The molecule has 0 unspecified atom stereocenters. The lowest BCUT2D eigenvalue weighted by Gasteiger charge is -2.20. The van der Waals surface area contributed by atoms with Crippen LogP contribution in [0.3, 0.4) is 0 Å². The molecule has 0 spiro atoms. The Morgan fingerprint density at radius 2 is 1.69 bits per heavy atom. The number of rotatable bonds is 3. The Morgan fingerprint density at radius 1 is 1.07 bits per heavy atom. The van der Waals surface area contributed by atoms with E-state index in [1.54, 1.807) is 45.0 Å². The van der Waals surface area contributed by atoms with Crippen LogP contribution in [0.1, 0.15) is 45.2 Å². The summed E-state index contributed by atoms with van der Waals surface area (Å²) in [5.74, 6) is -1.88. The first kappa shape index (κ1) is 20.2. The maximum atomic E-state index is 12.4. The van der Waals surface area contributed by atoms with Gasteiger partial charge in [0.1, 0.15) is 16.7 Å². The van der Waals surface area contributed by atoms with Gasteiger partial charge in [0.25, 0.3) is 0 Å². The van der Waals surface area contributed by atoms with Crippen LogP contribution >= 0.6 is 0 Å². The first-order valence-corrected chi connectivity index (χ1v) is 8.89. The van der Waals surface area contributed by atoms with E-state index < -0.39 is 23.4 Å². The third-order valence-corrected chi connectivity index (χ3v) is 3.97. The number of phenols is 1. The van der Waals surface area contributed by atoms with Crippen molar-refractivity contribution in [1.82, 2.24) is 0 Å². The summed E-state index contributed by atoms with van der Waals surface area (Å²) in [5, 5.41) is 14.3. The molecule has 2 N–H and O–H groups in total. The molecule has 0 atom stereocenters. The number of aromatic hydroxyl groups is 1. The number of hydrogen-bond donors (Lipinski definition) is 2. The number of ether oxygens (including phenoxy) is 2. The van der Waals surface area contributed by atoms with Crippen LogP contribution in [0.15, 0.2) is 28.7 Å². The number of amides is 1. The van der Waals surface area contributed by atoms with E-state index in [0.717, 1.165) is 0 Å². The van der Waals surface area contributed by atoms with Crippen LogP contribution in [0.2, 0.25) is 0 Å². The van der Waals surface area contributed by atoms with Crippen molar-refractivity contribution in [3.63, 3.8) is 0 Å². The fourth-order valence-electron chi connectivity index (χ4n) is 2.97. The second-order valence-electron chi connectivity index (χ2n) is 7.51. The smallest absolute Gasteiger partial charge is 0.412 e. The lowest BCUT2D eigenvalue weighted by atomic mass is 10.0.